The number of aliphatic hydroxyl groups is 1. The molecule has 0 heterocycles. The summed E-state index contributed by atoms with van der Waals surface area (Å²) in [6.45, 7) is 0. The van der Waals surface area contributed by atoms with Gasteiger partial charge in [0.1, 0.15) is 11.6 Å². The zero-order chi connectivity index (χ0) is 13.8. The third-order valence-electron chi connectivity index (χ3n) is 3.97. The first kappa shape index (κ1) is 14.9. The lowest BCUT2D eigenvalue weighted by atomic mass is 9.84. The molecular formula is C15H19BrF2O. The summed E-state index contributed by atoms with van der Waals surface area (Å²) in [5.41, 5.74) is -0.181. The maximum absolute atomic E-state index is 14.0. The summed E-state index contributed by atoms with van der Waals surface area (Å²) in [5.74, 6) is -1.37. The van der Waals surface area contributed by atoms with Gasteiger partial charge in [-0.2, -0.15) is 0 Å². The second kappa shape index (κ2) is 6.80. The van der Waals surface area contributed by atoms with Crippen LogP contribution in [0.15, 0.2) is 16.6 Å². The molecule has 1 aromatic rings. The van der Waals surface area contributed by atoms with Crippen molar-refractivity contribution in [2.45, 2.75) is 51.0 Å². The minimum absolute atomic E-state index is 0.0430. The van der Waals surface area contributed by atoms with Gasteiger partial charge in [0, 0.05) is 0 Å². The zero-order valence-electron chi connectivity index (χ0n) is 10.8. The summed E-state index contributed by atoms with van der Waals surface area (Å²) in [5, 5.41) is 10.3. The smallest absolute Gasteiger partial charge is 0.146 e. The molecule has 0 saturated heterocycles. The van der Waals surface area contributed by atoms with E-state index in [-0.39, 0.29) is 16.0 Å². The molecule has 1 aliphatic rings. The number of rotatable bonds is 2. The van der Waals surface area contributed by atoms with Crippen LogP contribution < -0.4 is 0 Å². The summed E-state index contributed by atoms with van der Waals surface area (Å²) >= 11 is 3.05. The van der Waals surface area contributed by atoms with E-state index in [4.69, 9.17) is 0 Å². The molecule has 0 aromatic heterocycles. The van der Waals surface area contributed by atoms with E-state index in [1.54, 1.807) is 0 Å². The Morgan fingerprint density at radius 1 is 1.05 bits per heavy atom. The van der Waals surface area contributed by atoms with E-state index in [1.807, 2.05) is 0 Å². The second-order valence-corrected chi connectivity index (χ2v) is 6.16. The van der Waals surface area contributed by atoms with Gasteiger partial charge in [-0.1, -0.05) is 32.1 Å². The van der Waals surface area contributed by atoms with Crippen LogP contribution in [0.25, 0.3) is 0 Å². The molecule has 4 heteroatoms. The molecule has 1 unspecified atom stereocenters. The molecule has 1 saturated carbocycles. The molecule has 0 bridgehead atoms. The van der Waals surface area contributed by atoms with Crippen molar-refractivity contribution in [2.75, 3.05) is 0 Å². The van der Waals surface area contributed by atoms with Crippen LogP contribution in [0, 0.1) is 17.6 Å². The van der Waals surface area contributed by atoms with Gasteiger partial charge >= 0.3 is 0 Å². The molecule has 2 rings (SSSR count). The average molecular weight is 333 g/mol. The van der Waals surface area contributed by atoms with Gasteiger partial charge in [0.2, 0.25) is 0 Å². The summed E-state index contributed by atoms with van der Waals surface area (Å²) < 4.78 is 28.0. The van der Waals surface area contributed by atoms with Crippen molar-refractivity contribution in [1.82, 2.24) is 0 Å². The molecule has 1 nitrogen and oxygen atoms in total. The third kappa shape index (κ3) is 3.54. The Morgan fingerprint density at radius 2 is 1.63 bits per heavy atom. The maximum Gasteiger partial charge on any atom is 0.146 e. The predicted octanol–water partition coefficient (Wildman–Crippen LogP) is 5.12. The van der Waals surface area contributed by atoms with Crippen LogP contribution >= 0.6 is 15.9 Å². The molecule has 1 N–H and O–H groups in total. The van der Waals surface area contributed by atoms with E-state index in [0.717, 1.165) is 38.5 Å². The molecule has 0 spiro atoms. The third-order valence-corrected chi connectivity index (χ3v) is 4.58. The SMILES string of the molecule is OC(c1c(F)ccc(Br)c1F)C1CCCCCCC1. The van der Waals surface area contributed by atoms with Crippen molar-refractivity contribution in [3.05, 3.63) is 33.8 Å². The van der Waals surface area contributed by atoms with Crippen molar-refractivity contribution >= 4 is 15.9 Å². The number of hydrogen-bond donors (Lipinski definition) is 1. The van der Waals surface area contributed by atoms with E-state index in [1.165, 1.54) is 18.6 Å². The van der Waals surface area contributed by atoms with E-state index in [9.17, 15) is 13.9 Å². The number of aliphatic hydroxyl groups excluding tert-OH is 1. The van der Waals surface area contributed by atoms with Gasteiger partial charge in [-0.15, -0.1) is 0 Å². The van der Waals surface area contributed by atoms with Gasteiger partial charge in [0.25, 0.3) is 0 Å². The standard InChI is InChI=1S/C15H19BrF2O/c16-11-8-9-12(17)13(14(11)18)15(19)10-6-4-2-1-3-5-7-10/h8-10,15,19H,1-7H2. The van der Waals surface area contributed by atoms with Crippen LogP contribution in [0.2, 0.25) is 0 Å². The van der Waals surface area contributed by atoms with Gasteiger partial charge in [-0.25, -0.2) is 8.78 Å². The number of halogens is 3. The fourth-order valence-electron chi connectivity index (χ4n) is 2.85. The van der Waals surface area contributed by atoms with Crippen molar-refractivity contribution in [1.29, 1.82) is 0 Å². The predicted molar refractivity (Wildman–Crippen MR) is 74.8 cm³/mol. The van der Waals surface area contributed by atoms with Gasteiger partial charge in [-0.05, 0) is 46.8 Å². The van der Waals surface area contributed by atoms with Gasteiger partial charge in [0.15, 0.2) is 0 Å². The topological polar surface area (TPSA) is 20.2 Å². The van der Waals surface area contributed by atoms with Crippen LogP contribution in [0.1, 0.15) is 56.6 Å². The zero-order valence-corrected chi connectivity index (χ0v) is 12.4. The maximum atomic E-state index is 14.0. The summed E-state index contributed by atoms with van der Waals surface area (Å²) in [6.07, 6.45) is 6.20. The van der Waals surface area contributed by atoms with Gasteiger partial charge in [0.05, 0.1) is 16.1 Å². The van der Waals surface area contributed by atoms with Gasteiger partial charge in [-0.3, -0.25) is 0 Å². The number of benzene rings is 1. The summed E-state index contributed by atoms with van der Waals surface area (Å²) in [4.78, 5) is 0. The minimum atomic E-state index is -1.05. The van der Waals surface area contributed by atoms with Crippen LogP contribution in [-0.4, -0.2) is 5.11 Å². The van der Waals surface area contributed by atoms with Gasteiger partial charge < -0.3 is 5.11 Å². The molecule has 0 amide bonds. The van der Waals surface area contributed by atoms with Crippen LogP contribution in [-0.2, 0) is 0 Å². The normalized spacial score (nSPS) is 19.8. The first-order chi connectivity index (χ1) is 9.11. The fourth-order valence-corrected chi connectivity index (χ4v) is 3.20. The Bertz CT molecular complexity index is 428. The molecule has 19 heavy (non-hydrogen) atoms. The van der Waals surface area contributed by atoms with Crippen LogP contribution in [0.3, 0.4) is 0 Å². The Hall–Kier alpha value is -0.480. The molecule has 1 atom stereocenters. The van der Waals surface area contributed by atoms with Crippen LogP contribution in [0.5, 0.6) is 0 Å². The van der Waals surface area contributed by atoms with Crippen molar-refractivity contribution in [3.8, 4) is 0 Å². The lowest BCUT2D eigenvalue weighted by molar-refractivity contribution is 0.0842. The lowest BCUT2D eigenvalue weighted by Crippen LogP contribution is -2.17. The highest BCUT2D eigenvalue weighted by molar-refractivity contribution is 9.10. The summed E-state index contributed by atoms with van der Waals surface area (Å²) in [6, 6.07) is 2.54. The quantitative estimate of drug-likeness (QED) is 0.745. The van der Waals surface area contributed by atoms with E-state index < -0.39 is 17.7 Å². The monoisotopic (exact) mass is 332 g/mol. The van der Waals surface area contributed by atoms with Crippen LogP contribution in [0.4, 0.5) is 8.78 Å². The Balaban J connectivity index is 2.22. The molecular weight excluding hydrogens is 314 g/mol. The highest BCUT2D eigenvalue weighted by Crippen LogP contribution is 2.36. The largest absolute Gasteiger partial charge is 0.388 e. The average Bonchev–Trinajstić information content (AvgIpc) is 2.34. The first-order valence-corrected chi connectivity index (χ1v) is 7.72. The molecule has 1 aliphatic carbocycles. The lowest BCUT2D eigenvalue weighted by Gasteiger charge is -2.26. The van der Waals surface area contributed by atoms with E-state index in [2.05, 4.69) is 15.9 Å². The highest BCUT2D eigenvalue weighted by atomic mass is 79.9. The molecule has 0 radical (unpaired) electrons. The molecule has 0 aliphatic heterocycles. The Kier molecular flexibility index (Phi) is 5.34. The Morgan fingerprint density at radius 3 is 2.26 bits per heavy atom. The van der Waals surface area contributed by atoms with E-state index in [0.29, 0.717) is 0 Å². The second-order valence-electron chi connectivity index (χ2n) is 5.31. The highest BCUT2D eigenvalue weighted by Gasteiger charge is 2.27. The molecule has 106 valence electrons. The Labute approximate surface area is 121 Å². The minimum Gasteiger partial charge on any atom is -0.388 e. The summed E-state index contributed by atoms with van der Waals surface area (Å²) in [7, 11) is 0. The number of hydrogen-bond acceptors (Lipinski definition) is 1. The molecule has 1 fully saturated rings. The van der Waals surface area contributed by atoms with E-state index >= 15 is 0 Å². The molecule has 1 aromatic carbocycles. The first-order valence-electron chi connectivity index (χ1n) is 6.92. The fraction of sp³-hybridized carbons (Fsp3) is 0.600. The van der Waals surface area contributed by atoms with Crippen molar-refractivity contribution in [3.63, 3.8) is 0 Å². The van der Waals surface area contributed by atoms with Crippen molar-refractivity contribution in [2.24, 2.45) is 5.92 Å². The van der Waals surface area contributed by atoms with Crippen molar-refractivity contribution < 1.29 is 13.9 Å².